The predicted molar refractivity (Wildman–Crippen MR) is 151 cm³/mol. The fourth-order valence-electron chi connectivity index (χ4n) is 3.46. The molecule has 0 spiro atoms. The number of hydrogen-bond donors (Lipinski definition) is 0. The van der Waals surface area contributed by atoms with Crippen LogP contribution in [0.4, 0.5) is 0 Å². The molecule has 0 saturated carbocycles. The maximum Gasteiger partial charge on any atom is 0.500 e. The van der Waals surface area contributed by atoms with E-state index in [0.717, 1.165) is 109 Å². The molecule has 0 fully saturated rings. The average Bonchev–Trinajstić information content (AvgIpc) is 2.87. The smallest absolute Gasteiger partial charge is 0.373 e. The average molecular weight is 536 g/mol. The molecule has 0 atom stereocenters. The summed E-state index contributed by atoms with van der Waals surface area (Å²) < 4.78 is 37.8. The lowest BCUT2D eigenvalue weighted by atomic mass is 10.2. The Morgan fingerprint density at radius 2 is 0.771 bits per heavy atom. The topological polar surface area (TPSA) is 55.4 Å². The van der Waals surface area contributed by atoms with Gasteiger partial charge in [0, 0.05) is 51.7 Å². The van der Waals surface area contributed by atoms with E-state index in [0.29, 0.717) is 19.8 Å². The minimum atomic E-state index is -2.65. The molecule has 211 valence electrons. The van der Waals surface area contributed by atoms with Crippen LogP contribution in [-0.4, -0.2) is 57.3 Å². The first-order valence-electron chi connectivity index (χ1n) is 14.7. The number of rotatable bonds is 28. The monoisotopic (exact) mass is 535 g/mol. The molecule has 0 heterocycles. The summed E-state index contributed by atoms with van der Waals surface area (Å²) in [6.45, 7) is 17.3. The van der Waals surface area contributed by atoms with Crippen molar-refractivity contribution in [2.45, 2.75) is 131 Å². The van der Waals surface area contributed by atoms with Gasteiger partial charge < -0.3 is 26.6 Å². The van der Waals surface area contributed by atoms with E-state index in [1.165, 1.54) is 0 Å². The molecular weight excluding hydrogens is 476 g/mol. The number of unbranched alkanes of at least 4 members (excludes halogenated alkanes) is 6. The van der Waals surface area contributed by atoms with Gasteiger partial charge in [0.2, 0.25) is 0 Å². The van der Waals surface area contributed by atoms with Gasteiger partial charge in [-0.3, -0.25) is 0 Å². The molecule has 0 aliphatic heterocycles. The van der Waals surface area contributed by atoms with E-state index in [4.69, 9.17) is 26.6 Å². The van der Waals surface area contributed by atoms with E-state index < -0.39 is 17.6 Å². The van der Waals surface area contributed by atoms with Crippen LogP contribution in [0.25, 0.3) is 0 Å². The zero-order chi connectivity index (χ0) is 26.1. The Morgan fingerprint density at radius 1 is 0.400 bits per heavy atom. The van der Waals surface area contributed by atoms with Crippen LogP contribution in [0.1, 0.15) is 119 Å². The molecule has 0 aromatic heterocycles. The Kier molecular flexibility index (Phi) is 24.7. The van der Waals surface area contributed by atoms with Crippen molar-refractivity contribution < 1.29 is 26.6 Å². The van der Waals surface area contributed by atoms with Crippen molar-refractivity contribution in [3.8, 4) is 0 Å². The van der Waals surface area contributed by atoms with Crippen molar-refractivity contribution in [1.29, 1.82) is 0 Å². The van der Waals surface area contributed by atoms with Gasteiger partial charge in [-0.1, -0.05) is 67.2 Å². The standard InChI is InChI=1S/C27H59O6Si2/c1-7-13-23-31-35(32-24-14-8-2,33-25-15-9-3)27-19-17-16-18-26-34(28-20-10-4,29-21-11-5)30-22-12-6/h17H,7-16,18-27H2,1-6H3. The van der Waals surface area contributed by atoms with Gasteiger partial charge in [0.05, 0.1) is 0 Å². The first-order valence-corrected chi connectivity index (χ1v) is 18.6. The van der Waals surface area contributed by atoms with Crippen molar-refractivity contribution in [2.24, 2.45) is 0 Å². The van der Waals surface area contributed by atoms with Crippen molar-refractivity contribution in [3.05, 3.63) is 6.42 Å². The molecule has 0 amide bonds. The molecular formula is C27H59O6Si2. The van der Waals surface area contributed by atoms with Crippen molar-refractivity contribution in [3.63, 3.8) is 0 Å². The third-order valence-electron chi connectivity index (χ3n) is 5.58. The normalized spacial score (nSPS) is 12.5. The third-order valence-corrected chi connectivity index (χ3v) is 11.3. The van der Waals surface area contributed by atoms with E-state index in [9.17, 15) is 0 Å². The van der Waals surface area contributed by atoms with Crippen molar-refractivity contribution >= 4 is 17.6 Å². The molecule has 1 radical (unpaired) electrons. The molecule has 0 aliphatic carbocycles. The highest BCUT2D eigenvalue weighted by atomic mass is 28.4. The van der Waals surface area contributed by atoms with Crippen molar-refractivity contribution in [1.82, 2.24) is 0 Å². The van der Waals surface area contributed by atoms with Crippen LogP contribution in [0.3, 0.4) is 0 Å². The van der Waals surface area contributed by atoms with Crippen LogP contribution in [-0.2, 0) is 26.6 Å². The lowest BCUT2D eigenvalue weighted by molar-refractivity contribution is 0.0557. The largest absolute Gasteiger partial charge is 0.500 e. The van der Waals surface area contributed by atoms with Gasteiger partial charge in [-0.25, -0.2) is 0 Å². The molecule has 0 aromatic rings. The Labute approximate surface area is 220 Å². The number of hydrogen-bond acceptors (Lipinski definition) is 6. The second kappa shape index (κ2) is 24.5. The van der Waals surface area contributed by atoms with E-state index in [1.807, 2.05) is 0 Å². The van der Waals surface area contributed by atoms with Crippen LogP contribution in [0, 0.1) is 6.42 Å². The zero-order valence-corrected chi connectivity index (χ0v) is 26.2. The van der Waals surface area contributed by atoms with E-state index in [1.54, 1.807) is 0 Å². The zero-order valence-electron chi connectivity index (χ0n) is 24.2. The summed E-state index contributed by atoms with van der Waals surface area (Å²) in [7, 11) is -5.26. The maximum absolute atomic E-state index is 6.38. The highest BCUT2D eigenvalue weighted by Crippen LogP contribution is 2.24. The highest BCUT2D eigenvalue weighted by Gasteiger charge is 2.41. The van der Waals surface area contributed by atoms with Crippen LogP contribution >= 0.6 is 0 Å². The lowest BCUT2D eigenvalue weighted by Gasteiger charge is -2.30. The third kappa shape index (κ3) is 18.1. The van der Waals surface area contributed by atoms with Crippen LogP contribution < -0.4 is 0 Å². The quantitative estimate of drug-likeness (QED) is 0.0748. The molecule has 0 aromatic carbocycles. The van der Waals surface area contributed by atoms with Gasteiger partial charge in [-0.2, -0.15) is 0 Å². The Balaban J connectivity index is 4.87. The Bertz CT molecular complexity index is 394. The van der Waals surface area contributed by atoms with Gasteiger partial charge in [0.25, 0.3) is 0 Å². The summed E-state index contributed by atoms with van der Waals surface area (Å²) in [5, 5.41) is 0. The summed E-state index contributed by atoms with van der Waals surface area (Å²) in [6.07, 6.45) is 14.8. The summed E-state index contributed by atoms with van der Waals surface area (Å²) in [5.41, 5.74) is 0. The van der Waals surface area contributed by atoms with Gasteiger partial charge in [-0.15, -0.1) is 0 Å². The molecule has 35 heavy (non-hydrogen) atoms. The molecule has 6 nitrogen and oxygen atoms in total. The Morgan fingerprint density at radius 3 is 1.14 bits per heavy atom. The summed E-state index contributed by atoms with van der Waals surface area (Å²) in [4.78, 5) is 0. The molecule has 0 unspecified atom stereocenters. The molecule has 0 rings (SSSR count). The van der Waals surface area contributed by atoms with E-state index in [-0.39, 0.29) is 0 Å². The predicted octanol–water partition coefficient (Wildman–Crippen LogP) is 7.97. The van der Waals surface area contributed by atoms with Gasteiger partial charge in [-0.05, 0) is 57.8 Å². The Hall–Kier alpha value is 0.194. The highest BCUT2D eigenvalue weighted by molar-refractivity contribution is 6.61. The molecule has 0 saturated heterocycles. The second-order valence-electron chi connectivity index (χ2n) is 9.24. The fraction of sp³-hybridized carbons (Fsp3) is 0.963. The minimum absolute atomic E-state index is 0.705. The first kappa shape index (κ1) is 35.2. The van der Waals surface area contributed by atoms with E-state index in [2.05, 4.69) is 48.0 Å². The van der Waals surface area contributed by atoms with Crippen LogP contribution in [0.5, 0.6) is 0 Å². The fourth-order valence-corrected chi connectivity index (χ4v) is 8.93. The minimum Gasteiger partial charge on any atom is -0.373 e. The molecule has 0 aliphatic rings. The van der Waals surface area contributed by atoms with Gasteiger partial charge >= 0.3 is 17.6 Å². The van der Waals surface area contributed by atoms with Crippen LogP contribution in [0.2, 0.25) is 12.1 Å². The summed E-state index contributed by atoms with van der Waals surface area (Å²) in [5.74, 6) is 0. The van der Waals surface area contributed by atoms with Crippen LogP contribution in [0.15, 0.2) is 0 Å². The van der Waals surface area contributed by atoms with Crippen molar-refractivity contribution in [2.75, 3.05) is 39.6 Å². The lowest BCUT2D eigenvalue weighted by Crippen LogP contribution is -2.47. The SMILES string of the molecule is CCCCO[Si](CC[CH]CCC[Si](OCCC)(OCCC)OCCC)(OCCCC)OCCCC. The molecule has 0 N–H and O–H groups in total. The molecule has 8 heteroatoms. The maximum atomic E-state index is 6.38. The first-order chi connectivity index (χ1) is 17.1. The summed E-state index contributed by atoms with van der Waals surface area (Å²) in [6, 6.07) is 1.73. The van der Waals surface area contributed by atoms with E-state index >= 15 is 0 Å². The second-order valence-corrected chi connectivity index (χ2v) is 14.7. The summed E-state index contributed by atoms with van der Waals surface area (Å²) >= 11 is 0. The van der Waals surface area contributed by atoms with Gasteiger partial charge in [0.15, 0.2) is 0 Å². The molecule has 0 bridgehead atoms. The van der Waals surface area contributed by atoms with Gasteiger partial charge in [0.1, 0.15) is 0 Å².